The van der Waals surface area contributed by atoms with Crippen molar-refractivity contribution >= 4 is 27.6 Å². The van der Waals surface area contributed by atoms with E-state index in [-0.39, 0.29) is 0 Å². The molecular weight excluding hydrogens is 286 g/mol. The van der Waals surface area contributed by atoms with Crippen LogP contribution in [0.15, 0.2) is 24.4 Å². The van der Waals surface area contributed by atoms with Crippen molar-refractivity contribution in [1.82, 2.24) is 14.8 Å². The quantitative estimate of drug-likeness (QED) is 0.685. The number of nitrogens with two attached hydrogens (primary N) is 2. The van der Waals surface area contributed by atoms with Crippen LogP contribution in [0.25, 0.3) is 21.8 Å². The second-order valence-corrected chi connectivity index (χ2v) is 6.56. The number of fused-ring (bicyclic) bond motifs is 3. The number of aromatic nitrogens is 3. The monoisotopic (exact) mass is 311 g/mol. The van der Waals surface area contributed by atoms with Crippen LogP contribution in [0.2, 0.25) is 0 Å². The summed E-state index contributed by atoms with van der Waals surface area (Å²) in [5, 5.41) is 6.94. The first kappa shape index (κ1) is 15.7. The van der Waals surface area contributed by atoms with Crippen molar-refractivity contribution in [2.45, 2.75) is 39.7 Å². The van der Waals surface area contributed by atoms with Gasteiger partial charge in [-0.1, -0.05) is 26.0 Å². The molecule has 0 aliphatic heterocycles. The Morgan fingerprint density at radius 2 is 2.04 bits per heavy atom. The summed E-state index contributed by atoms with van der Waals surface area (Å²) in [5.41, 5.74) is 14.8. The smallest absolute Gasteiger partial charge is 0.152 e. The van der Waals surface area contributed by atoms with Crippen LogP contribution in [0.5, 0.6) is 0 Å². The van der Waals surface area contributed by atoms with E-state index in [4.69, 9.17) is 11.5 Å². The van der Waals surface area contributed by atoms with Gasteiger partial charge in [-0.25, -0.2) is 4.98 Å². The minimum atomic E-state index is 0.506. The number of pyridine rings is 1. The van der Waals surface area contributed by atoms with Gasteiger partial charge in [0.15, 0.2) is 5.82 Å². The molecule has 1 aromatic carbocycles. The molecule has 0 spiro atoms. The molecular formula is C18H25N5. The van der Waals surface area contributed by atoms with Crippen LogP contribution in [0, 0.1) is 5.92 Å². The average molecular weight is 311 g/mol. The van der Waals surface area contributed by atoms with Crippen molar-refractivity contribution in [3.8, 4) is 0 Å². The molecule has 2 heterocycles. The summed E-state index contributed by atoms with van der Waals surface area (Å²) in [6, 6.07) is 6.27. The number of anilines is 1. The maximum atomic E-state index is 6.13. The van der Waals surface area contributed by atoms with Gasteiger partial charge in [-0.15, -0.1) is 0 Å². The molecule has 0 amide bonds. The Morgan fingerprint density at radius 3 is 2.78 bits per heavy atom. The minimum Gasteiger partial charge on any atom is -0.382 e. The van der Waals surface area contributed by atoms with Crippen LogP contribution in [-0.2, 0) is 13.0 Å². The van der Waals surface area contributed by atoms with Gasteiger partial charge in [-0.05, 0) is 43.4 Å². The fourth-order valence-corrected chi connectivity index (χ4v) is 3.11. The molecule has 0 fully saturated rings. The summed E-state index contributed by atoms with van der Waals surface area (Å²) in [6.07, 6.45) is 5.16. The van der Waals surface area contributed by atoms with E-state index in [0.29, 0.717) is 18.3 Å². The van der Waals surface area contributed by atoms with Crippen LogP contribution in [0.4, 0.5) is 5.82 Å². The summed E-state index contributed by atoms with van der Waals surface area (Å²) in [4.78, 5) is 4.56. The van der Waals surface area contributed by atoms with E-state index in [1.165, 1.54) is 10.9 Å². The highest BCUT2D eigenvalue weighted by atomic mass is 15.3. The molecule has 0 saturated carbocycles. The Morgan fingerprint density at radius 1 is 1.22 bits per heavy atom. The van der Waals surface area contributed by atoms with Crippen molar-refractivity contribution in [3.63, 3.8) is 0 Å². The fraction of sp³-hybridized carbons (Fsp3) is 0.444. The normalized spacial score (nSPS) is 11.8. The molecule has 4 N–H and O–H groups in total. The zero-order valence-corrected chi connectivity index (χ0v) is 13.9. The predicted octanol–water partition coefficient (Wildman–Crippen LogP) is 3.10. The van der Waals surface area contributed by atoms with Crippen LogP contribution >= 0.6 is 0 Å². The molecule has 5 nitrogen and oxygen atoms in total. The Hall–Kier alpha value is -2.14. The first-order valence-electron chi connectivity index (χ1n) is 8.34. The Bertz CT molecular complexity index is 819. The molecule has 0 saturated heterocycles. The second-order valence-electron chi connectivity index (χ2n) is 6.56. The maximum absolute atomic E-state index is 6.13. The molecule has 0 atom stereocenters. The SMILES string of the molecule is CC(C)Cc1cccc2nc(N)c3nn(CCCCN)cc3c12. The maximum Gasteiger partial charge on any atom is 0.152 e. The van der Waals surface area contributed by atoms with Gasteiger partial charge in [0.2, 0.25) is 0 Å². The van der Waals surface area contributed by atoms with E-state index in [0.717, 1.165) is 42.2 Å². The third-order valence-electron chi connectivity index (χ3n) is 4.11. The summed E-state index contributed by atoms with van der Waals surface area (Å²) >= 11 is 0. The summed E-state index contributed by atoms with van der Waals surface area (Å²) < 4.78 is 1.98. The molecule has 0 aliphatic rings. The highest BCUT2D eigenvalue weighted by Crippen LogP contribution is 2.30. The van der Waals surface area contributed by atoms with E-state index < -0.39 is 0 Å². The largest absolute Gasteiger partial charge is 0.382 e. The molecule has 2 aromatic heterocycles. The lowest BCUT2D eigenvalue weighted by Crippen LogP contribution is -2.03. The van der Waals surface area contributed by atoms with Crippen LogP contribution in [-0.4, -0.2) is 21.3 Å². The number of unbranched alkanes of at least 4 members (excludes halogenated alkanes) is 1. The third-order valence-corrected chi connectivity index (χ3v) is 4.11. The van der Waals surface area contributed by atoms with Crippen molar-refractivity contribution < 1.29 is 0 Å². The third kappa shape index (κ3) is 3.15. The molecule has 0 unspecified atom stereocenters. The molecule has 0 radical (unpaired) electrons. The van der Waals surface area contributed by atoms with Gasteiger partial charge >= 0.3 is 0 Å². The lowest BCUT2D eigenvalue weighted by molar-refractivity contribution is 0.566. The van der Waals surface area contributed by atoms with Crippen LogP contribution < -0.4 is 11.5 Å². The first-order chi connectivity index (χ1) is 11.1. The Balaban J connectivity index is 2.15. The fourth-order valence-electron chi connectivity index (χ4n) is 3.11. The molecule has 3 aromatic rings. The van der Waals surface area contributed by atoms with Gasteiger partial charge in [0.05, 0.1) is 5.52 Å². The lowest BCUT2D eigenvalue weighted by Gasteiger charge is -2.10. The molecule has 122 valence electrons. The van der Waals surface area contributed by atoms with Gasteiger partial charge in [0.1, 0.15) is 5.52 Å². The number of nitrogens with zero attached hydrogens (tertiary/aromatic N) is 3. The summed E-state index contributed by atoms with van der Waals surface area (Å²) in [5.74, 6) is 1.10. The minimum absolute atomic E-state index is 0.506. The zero-order chi connectivity index (χ0) is 16.4. The topological polar surface area (TPSA) is 82.8 Å². The number of hydrogen-bond donors (Lipinski definition) is 2. The highest BCUT2D eigenvalue weighted by Gasteiger charge is 2.14. The average Bonchev–Trinajstić information content (AvgIpc) is 2.91. The van der Waals surface area contributed by atoms with E-state index in [2.05, 4.69) is 42.3 Å². The summed E-state index contributed by atoms with van der Waals surface area (Å²) in [6.45, 7) is 6.04. The lowest BCUT2D eigenvalue weighted by atomic mass is 9.97. The van der Waals surface area contributed by atoms with E-state index in [1.54, 1.807) is 0 Å². The van der Waals surface area contributed by atoms with Crippen molar-refractivity contribution in [2.75, 3.05) is 12.3 Å². The Kier molecular flexibility index (Phi) is 4.48. The van der Waals surface area contributed by atoms with Gasteiger partial charge in [0, 0.05) is 23.5 Å². The Labute approximate surface area is 136 Å². The van der Waals surface area contributed by atoms with E-state index >= 15 is 0 Å². The molecule has 3 rings (SSSR count). The first-order valence-corrected chi connectivity index (χ1v) is 8.34. The molecule has 5 heteroatoms. The van der Waals surface area contributed by atoms with E-state index in [1.807, 2.05) is 10.7 Å². The zero-order valence-electron chi connectivity index (χ0n) is 13.9. The van der Waals surface area contributed by atoms with Crippen LogP contribution in [0.1, 0.15) is 32.3 Å². The van der Waals surface area contributed by atoms with Gasteiger partial charge in [-0.2, -0.15) is 5.10 Å². The molecule has 23 heavy (non-hydrogen) atoms. The molecule has 0 bridgehead atoms. The van der Waals surface area contributed by atoms with E-state index in [9.17, 15) is 0 Å². The standard InChI is InChI=1S/C18H25N5/c1-12(2)10-13-6-5-7-15-16(13)14-11-23(9-4-3-8-19)22-17(14)18(20)21-15/h5-7,11-12H,3-4,8-10,19H2,1-2H3,(H2,20,21). The number of benzene rings is 1. The van der Waals surface area contributed by atoms with Gasteiger partial charge in [-0.3, -0.25) is 4.68 Å². The number of aryl methyl sites for hydroxylation is 1. The van der Waals surface area contributed by atoms with Crippen molar-refractivity contribution in [1.29, 1.82) is 0 Å². The number of hydrogen-bond acceptors (Lipinski definition) is 4. The van der Waals surface area contributed by atoms with Crippen molar-refractivity contribution in [3.05, 3.63) is 30.0 Å². The second kappa shape index (κ2) is 6.54. The number of nitrogen functional groups attached to an aromatic ring is 1. The number of rotatable bonds is 6. The predicted molar refractivity (Wildman–Crippen MR) is 96.3 cm³/mol. The van der Waals surface area contributed by atoms with Gasteiger partial charge < -0.3 is 11.5 Å². The van der Waals surface area contributed by atoms with Crippen molar-refractivity contribution in [2.24, 2.45) is 11.7 Å². The van der Waals surface area contributed by atoms with Gasteiger partial charge in [0.25, 0.3) is 0 Å². The summed E-state index contributed by atoms with van der Waals surface area (Å²) in [7, 11) is 0. The highest BCUT2D eigenvalue weighted by molar-refractivity contribution is 6.09. The van der Waals surface area contributed by atoms with Crippen LogP contribution in [0.3, 0.4) is 0 Å². The molecule has 0 aliphatic carbocycles.